The fourth-order valence-corrected chi connectivity index (χ4v) is 3.26. The number of aliphatic hydroxyl groups is 1. The molecule has 3 N–H and O–H groups in total. The summed E-state index contributed by atoms with van der Waals surface area (Å²) < 4.78 is 25.0. The van der Waals surface area contributed by atoms with E-state index >= 15 is 0 Å². The molecule has 0 bridgehead atoms. The van der Waals surface area contributed by atoms with Gasteiger partial charge in [-0.05, 0) is 6.92 Å². The second-order valence-corrected chi connectivity index (χ2v) is 5.79. The molecule has 2 aliphatic rings. The first-order valence-corrected chi connectivity index (χ1v) is 7.75. The molecule has 2 aromatic rings. The number of hydrogen-bond acceptors (Lipinski definition) is 9. The van der Waals surface area contributed by atoms with E-state index in [0.29, 0.717) is 17.8 Å². The SMILES string of the molecule is CCOC1(C)O[C@@H]2[C@H](O1)[C@@H](CO)O[C@H]2n1cnc2c(N)ncnc21. The number of hydrogen-bond donors (Lipinski definition) is 2. The van der Waals surface area contributed by atoms with Gasteiger partial charge in [0.1, 0.15) is 30.2 Å². The van der Waals surface area contributed by atoms with E-state index in [0.717, 1.165) is 0 Å². The lowest BCUT2D eigenvalue weighted by atomic mass is 10.1. The molecule has 24 heavy (non-hydrogen) atoms. The Morgan fingerprint density at radius 3 is 2.88 bits per heavy atom. The molecule has 0 aliphatic carbocycles. The maximum atomic E-state index is 9.61. The smallest absolute Gasteiger partial charge is 0.280 e. The molecular formula is C14H19N5O5. The number of nitrogen functional groups attached to an aromatic ring is 1. The van der Waals surface area contributed by atoms with Crippen LogP contribution in [0.15, 0.2) is 12.7 Å². The predicted octanol–water partition coefficient (Wildman–Crippen LogP) is -0.208. The molecule has 1 unspecified atom stereocenters. The summed E-state index contributed by atoms with van der Waals surface area (Å²) in [7, 11) is 0. The molecule has 130 valence electrons. The minimum absolute atomic E-state index is 0.201. The number of ether oxygens (including phenoxy) is 4. The molecule has 0 spiro atoms. The summed E-state index contributed by atoms with van der Waals surface area (Å²) in [5, 5.41) is 9.61. The second-order valence-electron chi connectivity index (χ2n) is 5.79. The van der Waals surface area contributed by atoms with E-state index in [1.165, 1.54) is 6.33 Å². The van der Waals surface area contributed by atoms with E-state index in [9.17, 15) is 5.11 Å². The fraction of sp³-hybridized carbons (Fsp3) is 0.643. The highest BCUT2D eigenvalue weighted by Crippen LogP contribution is 2.44. The molecule has 2 aliphatic heterocycles. The summed E-state index contributed by atoms with van der Waals surface area (Å²) in [6, 6.07) is 0. The van der Waals surface area contributed by atoms with Gasteiger partial charge in [0.15, 0.2) is 17.7 Å². The van der Waals surface area contributed by atoms with Crippen molar-refractivity contribution in [2.45, 2.75) is 44.4 Å². The van der Waals surface area contributed by atoms with Crippen LogP contribution in [0.25, 0.3) is 11.2 Å². The summed E-state index contributed by atoms with van der Waals surface area (Å²) in [5.74, 6) is -0.890. The van der Waals surface area contributed by atoms with E-state index in [1.54, 1.807) is 17.8 Å². The van der Waals surface area contributed by atoms with Crippen LogP contribution in [0.1, 0.15) is 20.1 Å². The van der Waals surface area contributed by atoms with Gasteiger partial charge < -0.3 is 29.8 Å². The quantitative estimate of drug-likeness (QED) is 0.779. The van der Waals surface area contributed by atoms with E-state index in [1.807, 2.05) is 6.92 Å². The largest absolute Gasteiger partial charge is 0.394 e. The van der Waals surface area contributed by atoms with Crippen LogP contribution in [0, 0.1) is 0 Å². The van der Waals surface area contributed by atoms with Gasteiger partial charge in [-0.1, -0.05) is 0 Å². The van der Waals surface area contributed by atoms with Crippen molar-refractivity contribution in [3.63, 3.8) is 0 Å². The summed E-state index contributed by atoms with van der Waals surface area (Å²) >= 11 is 0. The number of rotatable bonds is 4. The highest BCUT2D eigenvalue weighted by molar-refractivity contribution is 5.81. The maximum absolute atomic E-state index is 9.61. The molecule has 2 saturated heterocycles. The van der Waals surface area contributed by atoms with E-state index in [4.69, 9.17) is 24.7 Å². The average Bonchev–Trinajstić information content (AvgIpc) is 3.19. The van der Waals surface area contributed by atoms with Gasteiger partial charge in [-0.2, -0.15) is 0 Å². The van der Waals surface area contributed by atoms with E-state index in [2.05, 4.69) is 15.0 Å². The second kappa shape index (κ2) is 5.60. The standard InChI is InChI=1S/C14H19N5O5/c1-3-21-14(2)23-9-7(4-20)22-13(10(9)24-14)19-6-18-8-11(15)16-5-17-12(8)19/h5-7,9-10,13,20H,3-4H2,1-2H3,(H2,15,16,17)/t7-,9-,10-,13-,14?/m1/s1. The molecule has 10 heteroatoms. The van der Waals surface area contributed by atoms with Crippen molar-refractivity contribution < 1.29 is 24.1 Å². The minimum Gasteiger partial charge on any atom is -0.394 e. The molecule has 0 amide bonds. The van der Waals surface area contributed by atoms with Gasteiger partial charge in [0.2, 0.25) is 0 Å². The number of aromatic nitrogens is 4. The lowest BCUT2D eigenvalue weighted by molar-refractivity contribution is -0.344. The lowest BCUT2D eigenvalue weighted by Crippen LogP contribution is -2.35. The van der Waals surface area contributed by atoms with Crippen molar-refractivity contribution in [1.82, 2.24) is 19.5 Å². The molecule has 0 saturated carbocycles. The summed E-state index contributed by atoms with van der Waals surface area (Å²) in [6.45, 7) is 3.79. The topological polar surface area (TPSA) is 127 Å². The number of aliphatic hydroxyl groups excluding tert-OH is 1. The number of fused-ring (bicyclic) bond motifs is 2. The number of nitrogens with zero attached hydrogens (tertiary/aromatic N) is 4. The maximum Gasteiger partial charge on any atom is 0.280 e. The third-order valence-electron chi connectivity index (χ3n) is 4.23. The van der Waals surface area contributed by atoms with Crippen molar-refractivity contribution in [2.24, 2.45) is 0 Å². The molecule has 4 heterocycles. The minimum atomic E-state index is -1.18. The third kappa shape index (κ3) is 2.26. The molecule has 0 aromatic carbocycles. The third-order valence-corrected chi connectivity index (χ3v) is 4.23. The Labute approximate surface area is 137 Å². The molecule has 10 nitrogen and oxygen atoms in total. The summed E-state index contributed by atoms with van der Waals surface area (Å²) in [6.07, 6.45) is 0.868. The van der Waals surface area contributed by atoms with Crippen molar-refractivity contribution in [2.75, 3.05) is 18.9 Å². The summed E-state index contributed by atoms with van der Waals surface area (Å²) in [4.78, 5) is 12.4. The number of nitrogens with two attached hydrogens (primary N) is 1. The Bertz CT molecular complexity index is 754. The molecule has 4 rings (SSSR count). The van der Waals surface area contributed by atoms with Gasteiger partial charge in [-0.3, -0.25) is 4.57 Å². The molecule has 0 radical (unpaired) electrons. The van der Waals surface area contributed by atoms with Crippen molar-refractivity contribution in [3.8, 4) is 0 Å². The zero-order chi connectivity index (χ0) is 16.9. The van der Waals surface area contributed by atoms with Gasteiger partial charge in [0, 0.05) is 13.5 Å². The molecular weight excluding hydrogens is 318 g/mol. The first kappa shape index (κ1) is 15.7. The Balaban J connectivity index is 1.71. The van der Waals surface area contributed by atoms with Crippen LogP contribution in [0.2, 0.25) is 0 Å². The molecule has 5 atom stereocenters. The fourth-order valence-electron chi connectivity index (χ4n) is 3.26. The van der Waals surface area contributed by atoms with Gasteiger partial charge in [-0.15, -0.1) is 0 Å². The monoisotopic (exact) mass is 337 g/mol. The van der Waals surface area contributed by atoms with Crippen molar-refractivity contribution in [1.29, 1.82) is 0 Å². The van der Waals surface area contributed by atoms with Gasteiger partial charge in [0.25, 0.3) is 5.97 Å². The number of anilines is 1. The van der Waals surface area contributed by atoms with Crippen LogP contribution in [-0.4, -0.2) is 62.1 Å². The molecule has 2 fully saturated rings. The highest BCUT2D eigenvalue weighted by Gasteiger charge is 2.58. The lowest BCUT2D eigenvalue weighted by Gasteiger charge is -2.26. The van der Waals surface area contributed by atoms with Crippen LogP contribution in [0.4, 0.5) is 5.82 Å². The van der Waals surface area contributed by atoms with Gasteiger partial charge >= 0.3 is 0 Å². The van der Waals surface area contributed by atoms with E-state index in [-0.39, 0.29) is 12.4 Å². The zero-order valence-electron chi connectivity index (χ0n) is 13.3. The first-order chi connectivity index (χ1) is 11.6. The normalized spacial score (nSPS) is 35.6. The van der Waals surface area contributed by atoms with Crippen LogP contribution < -0.4 is 5.73 Å². The highest BCUT2D eigenvalue weighted by atomic mass is 16.9. The van der Waals surface area contributed by atoms with Crippen LogP contribution in [0.5, 0.6) is 0 Å². The van der Waals surface area contributed by atoms with E-state index < -0.39 is 30.5 Å². The van der Waals surface area contributed by atoms with Gasteiger partial charge in [-0.25, -0.2) is 15.0 Å². The Morgan fingerprint density at radius 1 is 1.33 bits per heavy atom. The average molecular weight is 337 g/mol. The first-order valence-electron chi connectivity index (χ1n) is 7.75. The number of imidazole rings is 1. The van der Waals surface area contributed by atoms with Crippen LogP contribution in [-0.2, 0) is 18.9 Å². The summed E-state index contributed by atoms with van der Waals surface area (Å²) in [5.41, 5.74) is 6.84. The zero-order valence-corrected chi connectivity index (χ0v) is 13.3. The van der Waals surface area contributed by atoms with Crippen molar-refractivity contribution in [3.05, 3.63) is 12.7 Å². The van der Waals surface area contributed by atoms with Crippen LogP contribution >= 0.6 is 0 Å². The van der Waals surface area contributed by atoms with Crippen LogP contribution in [0.3, 0.4) is 0 Å². The molecule has 2 aromatic heterocycles. The van der Waals surface area contributed by atoms with Crippen molar-refractivity contribution >= 4 is 17.0 Å². The predicted molar refractivity (Wildman–Crippen MR) is 80.5 cm³/mol. The van der Waals surface area contributed by atoms with Gasteiger partial charge in [0.05, 0.1) is 12.9 Å². The Hall–Kier alpha value is -1.85. The Morgan fingerprint density at radius 2 is 2.12 bits per heavy atom. The Kier molecular flexibility index (Phi) is 3.66.